The fraction of sp³-hybridized carbons (Fsp3) is 0.483. The number of ketones is 1. The van der Waals surface area contributed by atoms with E-state index in [1.165, 1.54) is 0 Å². The molecule has 218 valence electrons. The molecule has 2 fully saturated rings. The van der Waals surface area contributed by atoms with Crippen LogP contribution < -0.4 is 20.7 Å². The molecule has 3 heterocycles. The molecule has 3 amide bonds. The SMILES string of the molecule is COc1cccc2[nH]c(C(=O)N[C@@H](CC3CCCCC3)C(=O)N[C@H](C[C@@H]3CCNC3=O)C(=O)c3nc(Cl)cs3)cc12. The Balaban J connectivity index is 1.37. The average Bonchev–Trinajstić information content (AvgIpc) is 3.72. The van der Waals surface area contributed by atoms with Crippen LogP contribution in [0.3, 0.4) is 0 Å². The van der Waals surface area contributed by atoms with Crippen LogP contribution >= 0.6 is 22.9 Å². The molecule has 10 nitrogen and oxygen atoms in total. The molecule has 0 radical (unpaired) electrons. The molecule has 0 spiro atoms. The van der Waals surface area contributed by atoms with Crippen LogP contribution in [-0.4, -0.2) is 59.2 Å². The third-order valence-corrected chi connectivity index (χ3v) is 9.19. The van der Waals surface area contributed by atoms with Crippen molar-refractivity contribution in [1.82, 2.24) is 25.9 Å². The van der Waals surface area contributed by atoms with Crippen LogP contribution in [0.1, 0.15) is 71.7 Å². The number of H-pyrrole nitrogens is 1. The van der Waals surface area contributed by atoms with E-state index in [4.69, 9.17) is 16.3 Å². The lowest BCUT2D eigenvalue weighted by Gasteiger charge is -2.28. The van der Waals surface area contributed by atoms with Gasteiger partial charge in [0.05, 0.1) is 13.2 Å². The molecule has 1 saturated heterocycles. The maximum absolute atomic E-state index is 13.8. The number of ether oxygens (including phenoxy) is 1. The van der Waals surface area contributed by atoms with Gasteiger partial charge in [-0.25, -0.2) is 4.98 Å². The zero-order valence-corrected chi connectivity index (χ0v) is 24.4. The lowest BCUT2D eigenvalue weighted by Crippen LogP contribution is -2.53. The number of carbonyl (C=O) groups excluding carboxylic acids is 4. The van der Waals surface area contributed by atoms with Crippen molar-refractivity contribution in [2.75, 3.05) is 13.7 Å². The van der Waals surface area contributed by atoms with Crippen molar-refractivity contribution in [2.24, 2.45) is 11.8 Å². The molecule has 1 aromatic carbocycles. The summed E-state index contributed by atoms with van der Waals surface area (Å²) in [6, 6.07) is 5.34. The number of halogens is 1. The quantitative estimate of drug-likeness (QED) is 0.243. The second-order valence-electron chi connectivity index (χ2n) is 10.8. The van der Waals surface area contributed by atoms with E-state index in [0.29, 0.717) is 30.8 Å². The second-order valence-corrected chi connectivity index (χ2v) is 12.0. The highest BCUT2D eigenvalue weighted by Gasteiger charge is 2.35. The van der Waals surface area contributed by atoms with Crippen molar-refractivity contribution in [3.63, 3.8) is 0 Å². The van der Waals surface area contributed by atoms with Crippen molar-refractivity contribution < 1.29 is 23.9 Å². The number of fused-ring (bicyclic) bond motifs is 1. The van der Waals surface area contributed by atoms with Crippen molar-refractivity contribution in [2.45, 2.75) is 63.5 Å². The summed E-state index contributed by atoms with van der Waals surface area (Å²) in [7, 11) is 1.57. The number of nitrogens with zero attached hydrogens (tertiary/aromatic N) is 1. The third-order valence-electron chi connectivity index (χ3n) is 8.01. The van der Waals surface area contributed by atoms with Crippen LogP contribution in [0, 0.1) is 11.8 Å². The van der Waals surface area contributed by atoms with E-state index < -0.39 is 35.6 Å². The number of aromatic nitrogens is 2. The van der Waals surface area contributed by atoms with Gasteiger partial charge < -0.3 is 25.7 Å². The molecule has 1 aliphatic carbocycles. The Morgan fingerprint density at radius 1 is 1.12 bits per heavy atom. The first-order valence-corrected chi connectivity index (χ1v) is 15.3. The summed E-state index contributed by atoms with van der Waals surface area (Å²) in [5.74, 6) is -0.937. The first-order chi connectivity index (χ1) is 19.8. The summed E-state index contributed by atoms with van der Waals surface area (Å²) in [5, 5.41) is 11.3. The second kappa shape index (κ2) is 13.0. The maximum Gasteiger partial charge on any atom is 0.268 e. The Morgan fingerprint density at radius 3 is 2.61 bits per heavy atom. The molecular formula is C29H34ClN5O5S. The minimum Gasteiger partial charge on any atom is -0.496 e. The number of thiazole rings is 1. The van der Waals surface area contributed by atoms with Crippen LogP contribution in [0.2, 0.25) is 5.15 Å². The molecule has 1 aliphatic heterocycles. The minimum atomic E-state index is -0.985. The predicted molar refractivity (Wildman–Crippen MR) is 156 cm³/mol. The minimum absolute atomic E-state index is 0.138. The number of methoxy groups -OCH3 is 1. The van der Waals surface area contributed by atoms with Gasteiger partial charge in [-0.05, 0) is 43.4 Å². The van der Waals surface area contributed by atoms with Gasteiger partial charge in [-0.1, -0.05) is 49.8 Å². The van der Waals surface area contributed by atoms with Crippen molar-refractivity contribution >= 4 is 57.3 Å². The molecule has 12 heteroatoms. The van der Waals surface area contributed by atoms with E-state index >= 15 is 0 Å². The van der Waals surface area contributed by atoms with Gasteiger partial charge in [0.25, 0.3) is 5.91 Å². The zero-order valence-electron chi connectivity index (χ0n) is 22.8. The molecule has 5 rings (SSSR count). The first-order valence-electron chi connectivity index (χ1n) is 14.0. The predicted octanol–water partition coefficient (Wildman–Crippen LogP) is 4.25. The van der Waals surface area contributed by atoms with Gasteiger partial charge >= 0.3 is 0 Å². The molecule has 2 aromatic heterocycles. The zero-order chi connectivity index (χ0) is 28.9. The number of hydrogen-bond acceptors (Lipinski definition) is 7. The van der Waals surface area contributed by atoms with E-state index in [1.807, 2.05) is 18.2 Å². The lowest BCUT2D eigenvalue weighted by atomic mass is 9.84. The summed E-state index contributed by atoms with van der Waals surface area (Å²) >= 11 is 7.06. The van der Waals surface area contributed by atoms with Crippen molar-refractivity contribution in [3.05, 3.63) is 45.5 Å². The maximum atomic E-state index is 13.8. The molecule has 0 bridgehead atoms. The monoisotopic (exact) mass is 599 g/mol. The normalized spacial score (nSPS) is 19.0. The number of Topliss-reactive ketones (excluding diaryl/α,β-unsaturated/α-hetero) is 1. The highest BCUT2D eigenvalue weighted by molar-refractivity contribution is 7.12. The summed E-state index contributed by atoms with van der Waals surface area (Å²) in [6.07, 6.45) is 6.44. The molecule has 3 atom stereocenters. The van der Waals surface area contributed by atoms with Gasteiger partial charge in [-0.3, -0.25) is 19.2 Å². The number of amides is 3. The Morgan fingerprint density at radius 2 is 1.93 bits per heavy atom. The fourth-order valence-corrected chi connectivity index (χ4v) is 6.77. The smallest absolute Gasteiger partial charge is 0.268 e. The molecule has 3 aromatic rings. The number of benzene rings is 1. The van der Waals surface area contributed by atoms with E-state index in [9.17, 15) is 19.2 Å². The molecule has 41 heavy (non-hydrogen) atoms. The van der Waals surface area contributed by atoms with Crippen LogP contribution in [0.15, 0.2) is 29.6 Å². The molecule has 1 saturated carbocycles. The standard InChI is InChI=1S/C29H34ClN5O5S/c1-40-23-9-5-8-19-18(23)14-22(32-19)28(39)34-21(12-16-6-3-2-4-7-16)27(38)33-20(13-17-10-11-31-26(17)37)25(36)29-35-24(30)15-41-29/h5,8-9,14-17,20-21,32H,2-4,6-7,10-13H2,1H3,(H,31,37)(H,33,38)(H,34,39)/t17-,20+,21-/m0/s1. The van der Waals surface area contributed by atoms with Gasteiger partial charge in [-0.2, -0.15) is 0 Å². The summed E-state index contributed by atoms with van der Waals surface area (Å²) < 4.78 is 5.42. The number of nitrogens with one attached hydrogen (secondary N) is 4. The fourth-order valence-electron chi connectivity index (χ4n) is 5.83. The van der Waals surface area contributed by atoms with Gasteiger partial charge in [0.2, 0.25) is 17.6 Å². The lowest BCUT2D eigenvalue weighted by molar-refractivity contribution is -0.125. The van der Waals surface area contributed by atoms with E-state index in [2.05, 4.69) is 25.9 Å². The number of hydrogen-bond donors (Lipinski definition) is 4. The molecule has 2 aliphatic rings. The Labute approximate surface area is 247 Å². The van der Waals surface area contributed by atoms with Crippen LogP contribution in [0.4, 0.5) is 0 Å². The average molecular weight is 600 g/mol. The van der Waals surface area contributed by atoms with E-state index in [1.54, 1.807) is 18.6 Å². The third kappa shape index (κ3) is 6.90. The van der Waals surface area contributed by atoms with Gasteiger partial charge in [0.1, 0.15) is 22.6 Å². The van der Waals surface area contributed by atoms with E-state index in [0.717, 1.165) is 54.3 Å². The number of aromatic amines is 1. The first kappa shape index (κ1) is 29.1. The summed E-state index contributed by atoms with van der Waals surface area (Å²) in [4.78, 5) is 60.2. The summed E-state index contributed by atoms with van der Waals surface area (Å²) in [5.41, 5.74) is 1.05. The Hall–Kier alpha value is -3.44. The molecule has 4 N–H and O–H groups in total. The highest BCUT2D eigenvalue weighted by atomic mass is 35.5. The van der Waals surface area contributed by atoms with Gasteiger partial charge in [0, 0.05) is 28.7 Å². The largest absolute Gasteiger partial charge is 0.496 e. The highest BCUT2D eigenvalue weighted by Crippen LogP contribution is 2.29. The van der Waals surface area contributed by atoms with Gasteiger partial charge in [0.15, 0.2) is 5.01 Å². The van der Waals surface area contributed by atoms with Crippen LogP contribution in [0.25, 0.3) is 10.9 Å². The van der Waals surface area contributed by atoms with Crippen molar-refractivity contribution in [3.8, 4) is 5.75 Å². The topological polar surface area (TPSA) is 142 Å². The summed E-state index contributed by atoms with van der Waals surface area (Å²) in [6.45, 7) is 0.525. The number of carbonyl (C=O) groups is 4. The Bertz CT molecular complexity index is 1430. The van der Waals surface area contributed by atoms with Crippen LogP contribution in [0.5, 0.6) is 5.75 Å². The Kier molecular flexibility index (Phi) is 9.24. The van der Waals surface area contributed by atoms with Gasteiger partial charge in [-0.15, -0.1) is 11.3 Å². The van der Waals surface area contributed by atoms with Crippen molar-refractivity contribution in [1.29, 1.82) is 0 Å². The molecular weight excluding hydrogens is 566 g/mol. The van der Waals surface area contributed by atoms with Crippen LogP contribution in [-0.2, 0) is 9.59 Å². The molecule has 0 unspecified atom stereocenters. The number of rotatable bonds is 11. The van der Waals surface area contributed by atoms with E-state index in [-0.39, 0.29) is 28.4 Å².